The molecule has 28 heavy (non-hydrogen) atoms. The van der Waals surface area contributed by atoms with Gasteiger partial charge in [-0.2, -0.15) is 0 Å². The van der Waals surface area contributed by atoms with Gasteiger partial charge >= 0.3 is 0 Å². The minimum atomic E-state index is -3.78. The SMILES string of the molecule is CC(C)C(=O)N1CCc2cc(NS(=O)(=O)c3ccc4c(c3)CC(=O)N4)ccc21. The summed E-state index contributed by atoms with van der Waals surface area (Å²) >= 11 is 0. The number of nitrogens with zero attached hydrogens (tertiary/aromatic N) is 1. The molecule has 0 bridgehead atoms. The number of sulfonamides is 1. The Morgan fingerprint density at radius 2 is 1.93 bits per heavy atom. The molecule has 0 spiro atoms. The summed E-state index contributed by atoms with van der Waals surface area (Å²) in [5.74, 6) is -0.171. The number of benzene rings is 2. The van der Waals surface area contributed by atoms with Gasteiger partial charge in [-0.05, 0) is 53.9 Å². The van der Waals surface area contributed by atoms with Crippen molar-refractivity contribution in [1.29, 1.82) is 0 Å². The lowest BCUT2D eigenvalue weighted by molar-refractivity contribution is -0.121. The molecule has 0 aliphatic carbocycles. The van der Waals surface area contributed by atoms with E-state index in [2.05, 4.69) is 10.0 Å². The molecule has 0 aromatic heterocycles. The van der Waals surface area contributed by atoms with Crippen LogP contribution in [0.15, 0.2) is 41.3 Å². The van der Waals surface area contributed by atoms with Crippen molar-refractivity contribution in [2.24, 2.45) is 5.92 Å². The second-order valence-electron chi connectivity index (χ2n) is 7.39. The monoisotopic (exact) mass is 399 g/mol. The number of nitrogens with one attached hydrogen (secondary N) is 2. The molecule has 0 unspecified atom stereocenters. The average Bonchev–Trinajstić information content (AvgIpc) is 3.21. The zero-order valence-corrected chi connectivity index (χ0v) is 16.5. The number of hydrogen-bond donors (Lipinski definition) is 2. The van der Waals surface area contributed by atoms with Gasteiger partial charge in [-0.15, -0.1) is 0 Å². The summed E-state index contributed by atoms with van der Waals surface area (Å²) in [7, 11) is -3.78. The Kier molecular flexibility index (Phi) is 4.38. The van der Waals surface area contributed by atoms with Crippen LogP contribution in [0.5, 0.6) is 0 Å². The highest BCUT2D eigenvalue weighted by Gasteiger charge is 2.27. The van der Waals surface area contributed by atoms with Crippen LogP contribution in [-0.4, -0.2) is 26.8 Å². The molecule has 0 fully saturated rings. The third-order valence-electron chi connectivity index (χ3n) is 5.00. The molecule has 2 heterocycles. The number of carbonyl (C=O) groups is 2. The summed E-state index contributed by atoms with van der Waals surface area (Å²) in [5, 5.41) is 2.69. The average molecular weight is 399 g/mol. The van der Waals surface area contributed by atoms with E-state index in [-0.39, 0.29) is 29.0 Å². The van der Waals surface area contributed by atoms with Crippen LogP contribution in [0.3, 0.4) is 0 Å². The largest absolute Gasteiger partial charge is 0.326 e. The molecule has 0 saturated heterocycles. The van der Waals surface area contributed by atoms with Crippen LogP contribution in [0.4, 0.5) is 17.1 Å². The fraction of sp³-hybridized carbons (Fsp3) is 0.300. The Morgan fingerprint density at radius 1 is 1.14 bits per heavy atom. The predicted molar refractivity (Wildman–Crippen MR) is 107 cm³/mol. The lowest BCUT2D eigenvalue weighted by Gasteiger charge is -2.19. The zero-order chi connectivity index (χ0) is 20.1. The van der Waals surface area contributed by atoms with Crippen LogP contribution in [-0.2, 0) is 32.5 Å². The molecule has 146 valence electrons. The van der Waals surface area contributed by atoms with E-state index in [1.54, 1.807) is 29.2 Å². The van der Waals surface area contributed by atoms with Crippen molar-refractivity contribution < 1.29 is 18.0 Å². The molecule has 4 rings (SSSR count). The maximum absolute atomic E-state index is 12.8. The van der Waals surface area contributed by atoms with E-state index in [1.807, 2.05) is 13.8 Å². The first kappa shape index (κ1) is 18.5. The zero-order valence-electron chi connectivity index (χ0n) is 15.7. The molecule has 7 nitrogen and oxygen atoms in total. The number of hydrogen-bond acceptors (Lipinski definition) is 4. The second-order valence-corrected chi connectivity index (χ2v) is 9.07. The lowest BCUT2D eigenvalue weighted by atomic mass is 10.1. The highest BCUT2D eigenvalue weighted by atomic mass is 32.2. The van der Waals surface area contributed by atoms with Crippen molar-refractivity contribution >= 4 is 38.9 Å². The third-order valence-corrected chi connectivity index (χ3v) is 6.38. The summed E-state index contributed by atoms with van der Waals surface area (Å²) in [5.41, 5.74) is 3.55. The van der Waals surface area contributed by atoms with Gasteiger partial charge in [0.25, 0.3) is 10.0 Å². The lowest BCUT2D eigenvalue weighted by Crippen LogP contribution is -2.32. The Balaban J connectivity index is 1.58. The molecule has 2 aromatic carbocycles. The molecule has 2 N–H and O–H groups in total. The summed E-state index contributed by atoms with van der Waals surface area (Å²) < 4.78 is 28.1. The van der Waals surface area contributed by atoms with Crippen molar-refractivity contribution in [3.63, 3.8) is 0 Å². The molecule has 2 amide bonds. The fourth-order valence-electron chi connectivity index (χ4n) is 3.59. The number of rotatable bonds is 4. The number of anilines is 3. The standard InChI is InChI=1S/C20H21N3O4S/c1-12(2)20(25)23-8-7-13-9-15(3-6-18(13)23)22-28(26,27)16-4-5-17-14(10-16)11-19(24)21-17/h3-6,9-10,12,22H,7-8,11H2,1-2H3,(H,21,24). The van der Waals surface area contributed by atoms with E-state index in [4.69, 9.17) is 0 Å². The van der Waals surface area contributed by atoms with E-state index >= 15 is 0 Å². The maximum Gasteiger partial charge on any atom is 0.261 e. The van der Waals surface area contributed by atoms with Crippen LogP contribution >= 0.6 is 0 Å². The van der Waals surface area contributed by atoms with Crippen molar-refractivity contribution in [1.82, 2.24) is 0 Å². The molecule has 2 aliphatic rings. The number of carbonyl (C=O) groups excluding carboxylic acids is 2. The van der Waals surface area contributed by atoms with Gasteiger partial charge in [0.2, 0.25) is 11.8 Å². The van der Waals surface area contributed by atoms with Crippen LogP contribution in [0.25, 0.3) is 0 Å². The second kappa shape index (κ2) is 6.63. The summed E-state index contributed by atoms with van der Waals surface area (Å²) in [6, 6.07) is 9.83. The van der Waals surface area contributed by atoms with Crippen molar-refractivity contribution in [2.75, 3.05) is 21.5 Å². The summed E-state index contributed by atoms with van der Waals surface area (Å²) in [6.07, 6.45) is 0.868. The molecule has 0 atom stereocenters. The maximum atomic E-state index is 12.8. The fourth-order valence-corrected chi connectivity index (χ4v) is 4.69. The van der Waals surface area contributed by atoms with Crippen LogP contribution < -0.4 is 14.9 Å². The van der Waals surface area contributed by atoms with Crippen molar-refractivity contribution in [3.05, 3.63) is 47.5 Å². The van der Waals surface area contributed by atoms with Gasteiger partial charge in [0, 0.05) is 29.5 Å². The van der Waals surface area contributed by atoms with Crippen molar-refractivity contribution in [2.45, 2.75) is 31.6 Å². The number of fused-ring (bicyclic) bond motifs is 2. The Hall–Kier alpha value is -2.87. The Morgan fingerprint density at radius 3 is 2.68 bits per heavy atom. The first-order chi connectivity index (χ1) is 13.2. The minimum absolute atomic E-state index is 0.0633. The van der Waals surface area contributed by atoms with Crippen LogP contribution in [0.1, 0.15) is 25.0 Å². The quantitative estimate of drug-likeness (QED) is 0.826. The van der Waals surface area contributed by atoms with Gasteiger partial charge in [0.05, 0.1) is 11.3 Å². The van der Waals surface area contributed by atoms with E-state index < -0.39 is 10.0 Å². The third kappa shape index (κ3) is 3.24. The van der Waals surface area contributed by atoms with E-state index in [0.717, 1.165) is 11.3 Å². The molecule has 2 aliphatic heterocycles. The van der Waals surface area contributed by atoms with Crippen LogP contribution in [0, 0.1) is 5.92 Å². The molecule has 0 saturated carbocycles. The topological polar surface area (TPSA) is 95.6 Å². The Bertz CT molecular complexity index is 1090. The summed E-state index contributed by atoms with van der Waals surface area (Å²) in [4.78, 5) is 25.6. The highest BCUT2D eigenvalue weighted by Crippen LogP contribution is 2.33. The normalized spacial score (nSPS) is 15.4. The first-order valence-corrected chi connectivity index (χ1v) is 10.6. The van der Waals surface area contributed by atoms with Crippen LogP contribution in [0.2, 0.25) is 0 Å². The van der Waals surface area contributed by atoms with Gasteiger partial charge in [-0.1, -0.05) is 13.8 Å². The van der Waals surface area contributed by atoms with Gasteiger partial charge in [-0.25, -0.2) is 8.42 Å². The molecule has 2 aromatic rings. The predicted octanol–water partition coefficient (Wildman–Crippen LogP) is 2.53. The number of amides is 2. The van der Waals surface area contributed by atoms with Gasteiger partial charge in [-0.3, -0.25) is 14.3 Å². The summed E-state index contributed by atoms with van der Waals surface area (Å²) in [6.45, 7) is 4.33. The van der Waals surface area contributed by atoms with E-state index in [0.29, 0.717) is 29.9 Å². The minimum Gasteiger partial charge on any atom is -0.326 e. The highest BCUT2D eigenvalue weighted by molar-refractivity contribution is 7.92. The van der Waals surface area contributed by atoms with E-state index in [9.17, 15) is 18.0 Å². The molecular formula is C20H21N3O4S. The first-order valence-electron chi connectivity index (χ1n) is 9.14. The van der Waals surface area contributed by atoms with Crippen molar-refractivity contribution in [3.8, 4) is 0 Å². The molecular weight excluding hydrogens is 378 g/mol. The van der Waals surface area contributed by atoms with Gasteiger partial charge in [0.15, 0.2) is 0 Å². The van der Waals surface area contributed by atoms with E-state index in [1.165, 1.54) is 12.1 Å². The molecule has 8 heteroatoms. The molecule has 0 radical (unpaired) electrons. The van der Waals surface area contributed by atoms with Gasteiger partial charge < -0.3 is 10.2 Å². The smallest absolute Gasteiger partial charge is 0.261 e. The Labute approximate surface area is 163 Å². The van der Waals surface area contributed by atoms with Gasteiger partial charge in [0.1, 0.15) is 0 Å².